The zero-order valence-corrected chi connectivity index (χ0v) is 9.67. The second kappa shape index (κ2) is 9.49. The Bertz CT molecular complexity index is 192. The summed E-state index contributed by atoms with van der Waals surface area (Å²) in [6.07, 6.45) is 7.16. The second-order valence-electron chi connectivity index (χ2n) is 3.65. The normalized spacial score (nSPS) is 9.73. The molecule has 4 heteroatoms. The van der Waals surface area contributed by atoms with Crippen molar-refractivity contribution in [3.05, 3.63) is 0 Å². The van der Waals surface area contributed by atoms with Gasteiger partial charge in [-0.1, -0.05) is 39.0 Å². The molecule has 0 aliphatic rings. The Balaban J connectivity index is 3.20. The van der Waals surface area contributed by atoms with E-state index in [1.54, 1.807) is 0 Å². The first-order valence-corrected chi connectivity index (χ1v) is 5.63. The lowest BCUT2D eigenvalue weighted by Gasteiger charge is -2.03. The van der Waals surface area contributed by atoms with Crippen LogP contribution in [-0.2, 0) is 14.4 Å². The molecule has 0 aliphatic carbocycles. The Morgan fingerprint density at radius 2 is 1.67 bits per heavy atom. The number of unbranched alkanes of at least 4 members (excludes halogenated alkanes) is 5. The molecule has 15 heavy (non-hydrogen) atoms. The van der Waals surface area contributed by atoms with Crippen LogP contribution in [0.25, 0.3) is 0 Å². The minimum Gasteiger partial charge on any atom is -0.341 e. The Labute approximate surface area is 91.3 Å². The maximum absolute atomic E-state index is 11.0. The highest BCUT2D eigenvalue weighted by molar-refractivity contribution is 5.75. The molecule has 88 valence electrons. The van der Waals surface area contributed by atoms with E-state index in [-0.39, 0.29) is 11.9 Å². The molecule has 0 unspecified atom stereocenters. The number of hydrogen-bond donors (Lipinski definition) is 1. The van der Waals surface area contributed by atoms with Gasteiger partial charge in [-0.3, -0.25) is 4.79 Å². The minimum absolute atomic E-state index is 0.355. The first-order chi connectivity index (χ1) is 7.16. The van der Waals surface area contributed by atoms with E-state index in [4.69, 9.17) is 0 Å². The fourth-order valence-electron chi connectivity index (χ4n) is 1.23. The molecule has 0 atom stereocenters. The van der Waals surface area contributed by atoms with E-state index in [0.717, 1.165) is 12.8 Å². The molecule has 4 nitrogen and oxygen atoms in total. The highest BCUT2D eigenvalue weighted by atomic mass is 16.7. The van der Waals surface area contributed by atoms with E-state index < -0.39 is 0 Å². The van der Waals surface area contributed by atoms with Crippen LogP contribution in [-0.4, -0.2) is 11.9 Å². The van der Waals surface area contributed by atoms with E-state index in [2.05, 4.69) is 11.8 Å². The first-order valence-electron chi connectivity index (χ1n) is 5.63. The van der Waals surface area contributed by atoms with Crippen LogP contribution in [0, 0.1) is 0 Å². The largest absolute Gasteiger partial charge is 0.341 e. The quantitative estimate of drug-likeness (QED) is 0.524. The molecule has 0 heterocycles. The van der Waals surface area contributed by atoms with E-state index in [1.807, 2.05) is 5.48 Å². The van der Waals surface area contributed by atoms with Crippen LogP contribution in [0.2, 0.25) is 0 Å². The number of amides is 1. The van der Waals surface area contributed by atoms with Gasteiger partial charge in [0.1, 0.15) is 0 Å². The third-order valence-corrected chi connectivity index (χ3v) is 2.04. The molecule has 0 saturated heterocycles. The van der Waals surface area contributed by atoms with Crippen molar-refractivity contribution in [3.8, 4) is 0 Å². The number of hydrogen-bond acceptors (Lipinski definition) is 3. The summed E-state index contributed by atoms with van der Waals surface area (Å²) >= 11 is 0. The summed E-state index contributed by atoms with van der Waals surface area (Å²) in [6, 6.07) is 0. The zero-order chi connectivity index (χ0) is 11.5. The van der Waals surface area contributed by atoms with Crippen LogP contribution >= 0.6 is 0 Å². The van der Waals surface area contributed by atoms with Gasteiger partial charge in [0.15, 0.2) is 0 Å². The predicted molar refractivity (Wildman–Crippen MR) is 57.9 cm³/mol. The molecular weight excluding hydrogens is 194 g/mol. The summed E-state index contributed by atoms with van der Waals surface area (Å²) in [4.78, 5) is 25.9. The van der Waals surface area contributed by atoms with Crippen molar-refractivity contribution in [1.82, 2.24) is 5.48 Å². The van der Waals surface area contributed by atoms with E-state index in [0.29, 0.717) is 6.42 Å². The smallest absolute Gasteiger partial charge is 0.332 e. The van der Waals surface area contributed by atoms with Crippen molar-refractivity contribution in [2.75, 3.05) is 0 Å². The standard InChI is InChI=1S/C11H21NO3/c1-3-4-5-6-7-8-9-11(14)15-12-10(2)13/h3-9H2,1-2H3,(H,12,13). The summed E-state index contributed by atoms with van der Waals surface area (Å²) < 4.78 is 0. The van der Waals surface area contributed by atoms with Crippen molar-refractivity contribution in [2.24, 2.45) is 0 Å². The number of nitrogens with one attached hydrogen (secondary N) is 1. The fourth-order valence-corrected chi connectivity index (χ4v) is 1.23. The first kappa shape index (κ1) is 13.9. The number of carbonyl (C=O) groups excluding carboxylic acids is 2. The van der Waals surface area contributed by atoms with Crippen LogP contribution in [0.5, 0.6) is 0 Å². The highest BCUT2D eigenvalue weighted by Gasteiger charge is 2.03. The van der Waals surface area contributed by atoms with Crippen molar-refractivity contribution in [1.29, 1.82) is 0 Å². The lowest BCUT2D eigenvalue weighted by Crippen LogP contribution is -2.24. The molecule has 0 bridgehead atoms. The molecule has 0 fully saturated rings. The SMILES string of the molecule is CCCCCCCCC(=O)ONC(C)=O. The maximum atomic E-state index is 11.0. The topological polar surface area (TPSA) is 55.4 Å². The molecular formula is C11H21NO3. The Morgan fingerprint density at radius 1 is 1.07 bits per heavy atom. The molecule has 0 aliphatic heterocycles. The number of hydroxylamine groups is 1. The molecule has 0 radical (unpaired) electrons. The Hall–Kier alpha value is -1.06. The van der Waals surface area contributed by atoms with Gasteiger partial charge in [0, 0.05) is 13.3 Å². The second-order valence-corrected chi connectivity index (χ2v) is 3.65. The predicted octanol–water partition coefficient (Wildman–Crippen LogP) is 2.33. The molecule has 0 aromatic heterocycles. The van der Waals surface area contributed by atoms with E-state index in [9.17, 15) is 9.59 Å². The average Bonchev–Trinajstić information content (AvgIpc) is 2.20. The maximum Gasteiger partial charge on any atom is 0.332 e. The Morgan fingerprint density at radius 3 is 2.27 bits per heavy atom. The van der Waals surface area contributed by atoms with Crippen LogP contribution in [0.15, 0.2) is 0 Å². The molecule has 0 aromatic carbocycles. The summed E-state index contributed by atoms with van der Waals surface area (Å²) in [5, 5.41) is 0. The Kier molecular flexibility index (Phi) is 8.82. The molecule has 0 saturated carbocycles. The summed E-state index contributed by atoms with van der Waals surface area (Å²) in [6.45, 7) is 3.48. The summed E-state index contributed by atoms with van der Waals surface area (Å²) in [5.41, 5.74) is 2.02. The van der Waals surface area contributed by atoms with Crippen LogP contribution in [0.3, 0.4) is 0 Å². The highest BCUT2D eigenvalue weighted by Crippen LogP contribution is 2.06. The lowest BCUT2D eigenvalue weighted by atomic mass is 10.1. The van der Waals surface area contributed by atoms with Crippen LogP contribution in [0.4, 0.5) is 0 Å². The third kappa shape index (κ3) is 10.9. The van der Waals surface area contributed by atoms with Gasteiger partial charge in [0.25, 0.3) is 0 Å². The fraction of sp³-hybridized carbons (Fsp3) is 0.818. The van der Waals surface area contributed by atoms with E-state index >= 15 is 0 Å². The molecule has 0 aromatic rings. The zero-order valence-electron chi connectivity index (χ0n) is 9.67. The van der Waals surface area contributed by atoms with Crippen molar-refractivity contribution >= 4 is 11.9 Å². The van der Waals surface area contributed by atoms with Gasteiger partial charge in [-0.25, -0.2) is 4.79 Å². The summed E-state index contributed by atoms with van der Waals surface area (Å²) in [5.74, 6) is -0.716. The van der Waals surface area contributed by atoms with Crippen molar-refractivity contribution < 1.29 is 14.4 Å². The summed E-state index contributed by atoms with van der Waals surface area (Å²) in [7, 11) is 0. The van der Waals surface area contributed by atoms with E-state index in [1.165, 1.54) is 32.6 Å². The number of rotatable bonds is 7. The van der Waals surface area contributed by atoms with Gasteiger partial charge >= 0.3 is 5.97 Å². The molecule has 1 amide bonds. The monoisotopic (exact) mass is 215 g/mol. The lowest BCUT2D eigenvalue weighted by molar-refractivity contribution is -0.157. The minimum atomic E-state index is -0.360. The van der Waals surface area contributed by atoms with Gasteiger partial charge in [-0.2, -0.15) is 5.48 Å². The molecule has 0 spiro atoms. The van der Waals surface area contributed by atoms with Gasteiger partial charge in [0.05, 0.1) is 0 Å². The van der Waals surface area contributed by atoms with Crippen molar-refractivity contribution in [3.63, 3.8) is 0 Å². The van der Waals surface area contributed by atoms with Gasteiger partial charge in [-0.15, -0.1) is 0 Å². The third-order valence-electron chi connectivity index (χ3n) is 2.04. The number of carbonyl (C=O) groups is 2. The van der Waals surface area contributed by atoms with Crippen molar-refractivity contribution in [2.45, 2.75) is 58.8 Å². The van der Waals surface area contributed by atoms with Crippen LogP contribution < -0.4 is 5.48 Å². The van der Waals surface area contributed by atoms with Gasteiger partial charge in [0.2, 0.25) is 5.91 Å². The van der Waals surface area contributed by atoms with Gasteiger partial charge < -0.3 is 4.84 Å². The average molecular weight is 215 g/mol. The van der Waals surface area contributed by atoms with Gasteiger partial charge in [-0.05, 0) is 6.42 Å². The molecule has 0 rings (SSSR count). The van der Waals surface area contributed by atoms with Crippen LogP contribution in [0.1, 0.15) is 58.8 Å². The molecule has 1 N–H and O–H groups in total.